The van der Waals surface area contributed by atoms with E-state index in [0.717, 1.165) is 0 Å². The molecule has 1 heterocycles. The van der Waals surface area contributed by atoms with Gasteiger partial charge in [0.05, 0.1) is 0 Å². The van der Waals surface area contributed by atoms with Crippen LogP contribution >= 0.6 is 11.3 Å². The molecule has 0 bridgehead atoms. The van der Waals surface area contributed by atoms with Gasteiger partial charge in [-0.3, -0.25) is 0 Å². The Hall–Kier alpha value is -1.34. The van der Waals surface area contributed by atoms with E-state index < -0.39 is 0 Å². The third-order valence-corrected chi connectivity index (χ3v) is 3.47. The van der Waals surface area contributed by atoms with Crippen molar-refractivity contribution in [1.82, 2.24) is 0 Å². The minimum absolute atomic E-state index is 1.34. The average molecular weight is 214 g/mol. The van der Waals surface area contributed by atoms with Crippen LogP contribution in [-0.4, -0.2) is 0 Å². The zero-order chi connectivity index (χ0) is 10.7. The van der Waals surface area contributed by atoms with E-state index in [-0.39, 0.29) is 0 Å². The monoisotopic (exact) mass is 214 g/mol. The first-order valence-corrected chi connectivity index (χ1v) is 5.95. The normalized spacial score (nSPS) is 12.1. The summed E-state index contributed by atoms with van der Waals surface area (Å²) < 4.78 is 1.36. The first-order chi connectivity index (χ1) is 7.36. The van der Waals surface area contributed by atoms with Crippen LogP contribution in [0.1, 0.15) is 24.3 Å². The molecule has 0 nitrogen and oxygen atoms in total. The van der Waals surface area contributed by atoms with E-state index in [9.17, 15) is 0 Å². The van der Waals surface area contributed by atoms with E-state index in [0.29, 0.717) is 0 Å². The van der Waals surface area contributed by atoms with Crippen LogP contribution in [0.15, 0.2) is 36.4 Å². The van der Waals surface area contributed by atoms with Crippen LogP contribution in [0.25, 0.3) is 22.2 Å². The summed E-state index contributed by atoms with van der Waals surface area (Å²) in [6, 6.07) is 8.56. The summed E-state index contributed by atoms with van der Waals surface area (Å²) in [4.78, 5) is 1.34. The van der Waals surface area contributed by atoms with Crippen LogP contribution in [0.4, 0.5) is 0 Å². The minimum atomic E-state index is 1.34. The third-order valence-electron chi connectivity index (χ3n) is 2.31. The Bertz CT molecular complexity index is 515. The molecule has 0 amide bonds. The number of benzene rings is 1. The molecule has 1 aromatic heterocycles. The van der Waals surface area contributed by atoms with Gasteiger partial charge in [-0.25, -0.2) is 0 Å². The minimum Gasteiger partial charge on any atom is -0.135 e. The Morgan fingerprint density at radius 3 is 2.47 bits per heavy atom. The SMILES string of the molecule is C/C=C\c1sc2ccccc2c1/C=C/C. The summed E-state index contributed by atoms with van der Waals surface area (Å²) in [5.41, 5.74) is 1.34. The van der Waals surface area contributed by atoms with Crippen molar-refractivity contribution in [2.75, 3.05) is 0 Å². The molecule has 0 radical (unpaired) electrons. The maximum absolute atomic E-state index is 2.19. The molecule has 0 atom stereocenters. The topological polar surface area (TPSA) is 0 Å². The predicted molar refractivity (Wildman–Crippen MR) is 71.2 cm³/mol. The molecule has 0 N–H and O–H groups in total. The number of hydrogen-bond acceptors (Lipinski definition) is 1. The highest BCUT2D eigenvalue weighted by atomic mass is 32.1. The molecule has 0 aliphatic carbocycles. The Balaban J connectivity index is 2.74. The van der Waals surface area contributed by atoms with Gasteiger partial charge in [0, 0.05) is 15.0 Å². The van der Waals surface area contributed by atoms with Crippen molar-refractivity contribution in [2.45, 2.75) is 13.8 Å². The van der Waals surface area contributed by atoms with Gasteiger partial charge in [0.2, 0.25) is 0 Å². The molecular weight excluding hydrogens is 200 g/mol. The van der Waals surface area contributed by atoms with E-state index in [1.165, 1.54) is 20.5 Å². The standard InChI is InChI=1S/C14H14S/c1-3-7-11-12-9-5-6-10-14(12)15-13(11)8-4-2/h3-10H,1-2H3/b7-3+,8-4-. The van der Waals surface area contributed by atoms with E-state index in [1.807, 2.05) is 11.3 Å². The van der Waals surface area contributed by atoms with Crippen LogP contribution < -0.4 is 0 Å². The summed E-state index contributed by atoms with van der Waals surface area (Å²) in [5, 5.41) is 1.36. The molecule has 15 heavy (non-hydrogen) atoms. The highest BCUT2D eigenvalue weighted by Gasteiger charge is 2.05. The van der Waals surface area contributed by atoms with Crippen molar-refractivity contribution in [2.24, 2.45) is 0 Å². The maximum Gasteiger partial charge on any atom is 0.0355 e. The Morgan fingerprint density at radius 2 is 1.73 bits per heavy atom. The number of rotatable bonds is 2. The maximum atomic E-state index is 2.19. The second-order valence-electron chi connectivity index (χ2n) is 3.38. The van der Waals surface area contributed by atoms with Crippen molar-refractivity contribution >= 4 is 33.6 Å². The van der Waals surface area contributed by atoms with Crippen molar-refractivity contribution < 1.29 is 0 Å². The van der Waals surface area contributed by atoms with Crippen LogP contribution in [0.2, 0.25) is 0 Å². The molecule has 0 unspecified atom stereocenters. The zero-order valence-electron chi connectivity index (χ0n) is 9.03. The molecule has 2 rings (SSSR count). The fraction of sp³-hybridized carbons (Fsp3) is 0.143. The highest BCUT2D eigenvalue weighted by Crippen LogP contribution is 2.33. The Kier molecular flexibility index (Phi) is 3.02. The predicted octanol–water partition coefficient (Wildman–Crippen LogP) is 4.97. The van der Waals surface area contributed by atoms with Gasteiger partial charge < -0.3 is 0 Å². The van der Waals surface area contributed by atoms with Crippen LogP contribution in [0, 0.1) is 0 Å². The van der Waals surface area contributed by atoms with E-state index in [4.69, 9.17) is 0 Å². The highest BCUT2D eigenvalue weighted by molar-refractivity contribution is 7.20. The lowest BCUT2D eigenvalue weighted by Crippen LogP contribution is -1.71. The summed E-state index contributed by atoms with van der Waals surface area (Å²) >= 11 is 1.85. The molecule has 0 aliphatic rings. The first-order valence-electron chi connectivity index (χ1n) is 5.13. The van der Waals surface area contributed by atoms with Gasteiger partial charge >= 0.3 is 0 Å². The van der Waals surface area contributed by atoms with Gasteiger partial charge in [-0.1, -0.05) is 36.4 Å². The smallest absolute Gasteiger partial charge is 0.0355 e. The average Bonchev–Trinajstić information content (AvgIpc) is 2.59. The van der Waals surface area contributed by atoms with Gasteiger partial charge in [0.1, 0.15) is 0 Å². The van der Waals surface area contributed by atoms with Gasteiger partial charge in [0.25, 0.3) is 0 Å². The molecule has 0 saturated carbocycles. The molecule has 76 valence electrons. The molecule has 0 fully saturated rings. The zero-order valence-corrected chi connectivity index (χ0v) is 9.84. The van der Waals surface area contributed by atoms with Crippen LogP contribution in [-0.2, 0) is 0 Å². The third kappa shape index (κ3) is 1.88. The molecule has 2 aromatic rings. The van der Waals surface area contributed by atoms with E-state index in [1.54, 1.807) is 0 Å². The van der Waals surface area contributed by atoms with E-state index >= 15 is 0 Å². The van der Waals surface area contributed by atoms with Crippen molar-refractivity contribution in [3.63, 3.8) is 0 Å². The first kappa shape index (κ1) is 10.2. The molecule has 1 heteroatoms. The summed E-state index contributed by atoms with van der Waals surface area (Å²) in [7, 11) is 0. The number of hydrogen-bond donors (Lipinski definition) is 0. The van der Waals surface area contributed by atoms with E-state index in [2.05, 4.69) is 62.4 Å². The van der Waals surface area contributed by atoms with Crippen molar-refractivity contribution in [3.8, 4) is 0 Å². The fourth-order valence-electron chi connectivity index (χ4n) is 1.70. The quantitative estimate of drug-likeness (QED) is 0.662. The van der Waals surface area contributed by atoms with Gasteiger partial charge in [0.15, 0.2) is 0 Å². The van der Waals surface area contributed by atoms with Crippen molar-refractivity contribution in [1.29, 1.82) is 0 Å². The molecule has 0 aliphatic heterocycles. The lowest BCUT2D eigenvalue weighted by Gasteiger charge is -1.92. The second-order valence-corrected chi connectivity index (χ2v) is 4.46. The van der Waals surface area contributed by atoms with Crippen LogP contribution in [0.5, 0.6) is 0 Å². The number of allylic oxidation sites excluding steroid dienone is 2. The Morgan fingerprint density at radius 1 is 1.00 bits per heavy atom. The number of fused-ring (bicyclic) bond motifs is 1. The van der Waals surface area contributed by atoms with Crippen LogP contribution in [0.3, 0.4) is 0 Å². The largest absolute Gasteiger partial charge is 0.135 e. The fourth-order valence-corrected chi connectivity index (χ4v) is 2.86. The lowest BCUT2D eigenvalue weighted by molar-refractivity contribution is 1.74. The van der Waals surface area contributed by atoms with Gasteiger partial charge in [-0.2, -0.15) is 0 Å². The summed E-state index contributed by atoms with van der Waals surface area (Å²) in [5.74, 6) is 0. The summed E-state index contributed by atoms with van der Waals surface area (Å²) in [6.07, 6.45) is 8.56. The lowest BCUT2D eigenvalue weighted by atomic mass is 10.1. The number of thiophene rings is 1. The van der Waals surface area contributed by atoms with Crippen molar-refractivity contribution in [3.05, 3.63) is 46.9 Å². The molecule has 1 aromatic carbocycles. The second kappa shape index (κ2) is 4.45. The Labute approximate surface area is 94.6 Å². The molecule has 0 saturated heterocycles. The molecular formula is C14H14S. The van der Waals surface area contributed by atoms with Gasteiger partial charge in [-0.05, 0) is 31.6 Å². The molecule has 0 spiro atoms. The summed E-state index contributed by atoms with van der Waals surface area (Å²) in [6.45, 7) is 4.12. The van der Waals surface area contributed by atoms with Gasteiger partial charge in [-0.15, -0.1) is 11.3 Å².